The van der Waals surface area contributed by atoms with Gasteiger partial charge in [-0.3, -0.25) is 14.7 Å². The largest absolute Gasteiger partial charge is 0.486 e. The van der Waals surface area contributed by atoms with E-state index in [2.05, 4.69) is 10.3 Å². The predicted molar refractivity (Wildman–Crippen MR) is 124 cm³/mol. The van der Waals surface area contributed by atoms with E-state index in [1.165, 1.54) is 6.07 Å². The fraction of sp³-hybridized carbons (Fsp3) is 0.458. The van der Waals surface area contributed by atoms with Gasteiger partial charge in [0.15, 0.2) is 17.3 Å². The summed E-state index contributed by atoms with van der Waals surface area (Å²) in [6, 6.07) is 4.35. The Morgan fingerprint density at radius 3 is 2.77 bits per heavy atom. The third kappa shape index (κ3) is 4.58. The van der Waals surface area contributed by atoms with Crippen LogP contribution in [0.2, 0.25) is 0 Å². The van der Waals surface area contributed by atoms with Crippen molar-refractivity contribution in [1.29, 1.82) is 5.41 Å². The Labute approximate surface area is 200 Å². The van der Waals surface area contributed by atoms with Crippen LogP contribution in [0.3, 0.4) is 0 Å². The van der Waals surface area contributed by atoms with Crippen LogP contribution in [0.5, 0.6) is 11.5 Å². The molecular formula is C24H27F2N5O4. The smallest absolute Gasteiger partial charge is 0.287 e. The van der Waals surface area contributed by atoms with Crippen LogP contribution in [0, 0.1) is 11.2 Å². The van der Waals surface area contributed by atoms with Crippen LogP contribution in [0.1, 0.15) is 24.2 Å². The van der Waals surface area contributed by atoms with E-state index in [1.807, 2.05) is 11.0 Å². The molecule has 1 atom stereocenters. The van der Waals surface area contributed by atoms with Crippen molar-refractivity contribution in [1.82, 2.24) is 19.8 Å². The van der Waals surface area contributed by atoms with Gasteiger partial charge in [-0.15, -0.1) is 0 Å². The Morgan fingerprint density at radius 2 is 2.03 bits per heavy atom. The molecule has 9 nitrogen and oxygen atoms in total. The van der Waals surface area contributed by atoms with Gasteiger partial charge < -0.3 is 29.9 Å². The van der Waals surface area contributed by atoms with Crippen LogP contribution in [0.15, 0.2) is 35.0 Å². The zero-order valence-electron chi connectivity index (χ0n) is 19.1. The number of hydrogen-bond donors (Lipinski definition) is 3. The van der Waals surface area contributed by atoms with E-state index in [-0.39, 0.29) is 30.4 Å². The standard InChI is InChI=1S/C24H27F2N5O4/c25-17-1-2-19-22(18(26)10-27)24(33,14-31(19)23(17)32)13-30-5-3-15(4-6-30)28-11-16-9-20-21(12-29-16)35-8-7-34-20/h1-2,9-10,12,15,27-28,33H,3-8,11,13-14H2/b22-18-,27-10?. The molecule has 5 rings (SSSR count). The summed E-state index contributed by atoms with van der Waals surface area (Å²) in [5.41, 5.74) is -1.84. The monoisotopic (exact) mass is 487 g/mol. The van der Waals surface area contributed by atoms with Gasteiger partial charge in [0.25, 0.3) is 5.56 Å². The number of ether oxygens (including phenoxy) is 2. The fourth-order valence-electron chi connectivity index (χ4n) is 5.05. The van der Waals surface area contributed by atoms with Crippen LogP contribution in [0.25, 0.3) is 5.57 Å². The van der Waals surface area contributed by atoms with Gasteiger partial charge in [0.05, 0.1) is 30.3 Å². The highest BCUT2D eigenvalue weighted by Gasteiger charge is 2.45. The number of aromatic nitrogens is 2. The summed E-state index contributed by atoms with van der Waals surface area (Å²) >= 11 is 0. The molecule has 0 radical (unpaired) electrons. The minimum Gasteiger partial charge on any atom is -0.486 e. The summed E-state index contributed by atoms with van der Waals surface area (Å²) < 4.78 is 40.6. The van der Waals surface area contributed by atoms with Crippen LogP contribution in [-0.4, -0.2) is 70.3 Å². The highest BCUT2D eigenvalue weighted by atomic mass is 19.1. The summed E-state index contributed by atoms with van der Waals surface area (Å²) in [6.07, 6.45) is 3.78. The first-order chi connectivity index (χ1) is 16.9. The van der Waals surface area contributed by atoms with Crippen molar-refractivity contribution in [3.8, 4) is 11.5 Å². The normalized spacial score (nSPS) is 23.7. The minimum atomic E-state index is -1.74. The lowest BCUT2D eigenvalue weighted by Gasteiger charge is -2.37. The number of nitrogens with one attached hydrogen (secondary N) is 2. The zero-order valence-corrected chi connectivity index (χ0v) is 19.1. The molecule has 1 fully saturated rings. The summed E-state index contributed by atoms with van der Waals surface area (Å²) in [6.45, 7) is 2.72. The third-order valence-corrected chi connectivity index (χ3v) is 6.77. The van der Waals surface area contributed by atoms with Crippen molar-refractivity contribution in [2.45, 2.75) is 37.6 Å². The third-order valence-electron chi connectivity index (χ3n) is 6.77. The number of β-amino-alcohol motifs (C(OH)–C–C–N with tert-alkyl or cyclic N) is 1. The minimum absolute atomic E-state index is 0.0722. The molecule has 3 N–H and O–H groups in total. The van der Waals surface area contributed by atoms with Crippen molar-refractivity contribution >= 4 is 11.8 Å². The quantitative estimate of drug-likeness (QED) is 0.529. The number of halogens is 2. The molecule has 186 valence electrons. The molecule has 35 heavy (non-hydrogen) atoms. The van der Waals surface area contributed by atoms with Crippen LogP contribution in [-0.2, 0) is 13.1 Å². The van der Waals surface area contributed by atoms with Crippen molar-refractivity contribution in [3.63, 3.8) is 0 Å². The summed E-state index contributed by atoms with van der Waals surface area (Å²) in [4.78, 5) is 18.7. The van der Waals surface area contributed by atoms with Gasteiger partial charge in [-0.25, -0.2) is 8.78 Å². The highest BCUT2D eigenvalue weighted by Crippen LogP contribution is 2.38. The van der Waals surface area contributed by atoms with E-state index in [4.69, 9.17) is 14.9 Å². The molecule has 1 unspecified atom stereocenters. The maximum atomic E-state index is 14.6. The molecule has 0 aromatic carbocycles. The average molecular weight is 488 g/mol. The maximum Gasteiger partial charge on any atom is 0.287 e. The maximum absolute atomic E-state index is 14.6. The second-order valence-electron chi connectivity index (χ2n) is 9.11. The second kappa shape index (κ2) is 9.48. The lowest BCUT2D eigenvalue weighted by Crippen LogP contribution is -2.49. The number of piperidine rings is 1. The van der Waals surface area contributed by atoms with Crippen molar-refractivity contribution in [3.05, 3.63) is 57.8 Å². The molecule has 2 aromatic rings. The zero-order chi connectivity index (χ0) is 24.6. The van der Waals surface area contributed by atoms with E-state index in [1.54, 1.807) is 6.20 Å². The van der Waals surface area contributed by atoms with E-state index >= 15 is 0 Å². The first kappa shape index (κ1) is 23.6. The van der Waals surface area contributed by atoms with Crippen LogP contribution >= 0.6 is 0 Å². The lowest BCUT2D eigenvalue weighted by molar-refractivity contribution is 0.0370. The fourth-order valence-corrected chi connectivity index (χ4v) is 5.05. The Morgan fingerprint density at radius 1 is 1.29 bits per heavy atom. The van der Waals surface area contributed by atoms with Gasteiger partial charge in [-0.05, 0) is 38.1 Å². The van der Waals surface area contributed by atoms with Gasteiger partial charge >= 0.3 is 0 Å². The van der Waals surface area contributed by atoms with Gasteiger partial charge in [-0.1, -0.05) is 0 Å². The highest BCUT2D eigenvalue weighted by molar-refractivity contribution is 5.90. The van der Waals surface area contributed by atoms with E-state index < -0.39 is 22.8 Å². The molecule has 11 heteroatoms. The first-order valence-electron chi connectivity index (χ1n) is 11.6. The van der Waals surface area contributed by atoms with Gasteiger partial charge in [0, 0.05) is 30.8 Å². The molecule has 0 bridgehead atoms. The first-order valence-corrected chi connectivity index (χ1v) is 11.6. The Kier molecular flexibility index (Phi) is 6.39. The average Bonchev–Trinajstić information content (AvgIpc) is 3.17. The summed E-state index contributed by atoms with van der Waals surface area (Å²) in [7, 11) is 0. The van der Waals surface area contributed by atoms with Crippen LogP contribution < -0.4 is 20.3 Å². The number of fused-ring (bicyclic) bond motifs is 2. The summed E-state index contributed by atoms with van der Waals surface area (Å²) in [5, 5.41) is 22.2. The SMILES string of the molecule is N=C/C(F)=C1\c2ccc(F)c(=O)n2CC1(O)CN1CCC(NCc2cc3c(cn2)OCCO3)CC1. The predicted octanol–water partition coefficient (Wildman–Crippen LogP) is 1.48. The number of allylic oxidation sites excluding steroid dienone is 1. The Balaban J connectivity index is 1.21. The lowest BCUT2D eigenvalue weighted by atomic mass is 9.91. The molecule has 3 aliphatic heterocycles. The van der Waals surface area contributed by atoms with Crippen molar-refractivity contribution < 1.29 is 23.4 Å². The summed E-state index contributed by atoms with van der Waals surface area (Å²) in [5.74, 6) is -0.554. The molecule has 2 aromatic heterocycles. The molecule has 1 saturated heterocycles. The van der Waals surface area contributed by atoms with Crippen molar-refractivity contribution in [2.75, 3.05) is 32.8 Å². The second-order valence-corrected chi connectivity index (χ2v) is 9.11. The molecule has 0 saturated carbocycles. The number of aliphatic hydroxyl groups is 1. The van der Waals surface area contributed by atoms with E-state index in [0.717, 1.165) is 29.2 Å². The van der Waals surface area contributed by atoms with Gasteiger partial charge in [0.1, 0.15) is 24.6 Å². The molecule has 0 spiro atoms. The number of hydrogen-bond acceptors (Lipinski definition) is 8. The van der Waals surface area contributed by atoms with E-state index in [9.17, 15) is 18.7 Å². The Hall–Kier alpha value is -3.15. The molecular weight excluding hydrogens is 460 g/mol. The number of rotatable bonds is 6. The molecule has 5 heterocycles. The Bertz CT molecular complexity index is 1220. The number of pyridine rings is 2. The van der Waals surface area contributed by atoms with Crippen molar-refractivity contribution in [2.24, 2.45) is 0 Å². The topological polar surface area (TPSA) is 113 Å². The number of nitrogens with zero attached hydrogens (tertiary/aromatic N) is 3. The molecule has 3 aliphatic rings. The van der Waals surface area contributed by atoms with E-state index in [0.29, 0.717) is 50.6 Å². The van der Waals surface area contributed by atoms with Gasteiger partial charge in [0.2, 0.25) is 0 Å². The molecule has 0 aliphatic carbocycles. The van der Waals surface area contributed by atoms with Crippen LogP contribution in [0.4, 0.5) is 8.78 Å². The molecule has 0 amide bonds. The number of likely N-dealkylation sites (tertiary alicyclic amines) is 1. The van der Waals surface area contributed by atoms with Gasteiger partial charge in [-0.2, -0.15) is 0 Å².